The van der Waals surface area contributed by atoms with Crippen molar-refractivity contribution < 1.29 is 0 Å². The molecule has 1 rings (SSSR count). The van der Waals surface area contributed by atoms with Crippen LogP contribution in [0, 0.1) is 0 Å². The Morgan fingerprint density at radius 2 is 1.71 bits per heavy atom. The normalized spacial score (nSPS) is 13.0. The second-order valence-electron chi connectivity index (χ2n) is 6.11. The van der Waals surface area contributed by atoms with E-state index in [-0.39, 0.29) is 5.41 Å². The highest BCUT2D eigenvalue weighted by Crippen LogP contribution is 2.23. The van der Waals surface area contributed by atoms with Crippen LogP contribution in [0.25, 0.3) is 0 Å². The quantitative estimate of drug-likeness (QED) is 0.648. The first-order chi connectivity index (χ1) is 6.18. The molecule has 0 aliphatic rings. The minimum atomic E-state index is 0.187. The predicted octanol–water partition coefficient (Wildman–Crippen LogP) is 2.72. The van der Waals surface area contributed by atoms with E-state index in [1.54, 1.807) is 11.3 Å². The van der Waals surface area contributed by atoms with E-state index in [1.807, 2.05) is 0 Å². The molecule has 0 saturated heterocycles. The molecule has 0 aliphatic heterocycles. The first-order valence-electron chi connectivity index (χ1n) is 5.13. The molecule has 3 heteroatoms. The Hall–Kier alpha value is -0.305. The lowest BCUT2D eigenvalue weighted by molar-refractivity contribution is 0.574. The van der Waals surface area contributed by atoms with Crippen molar-refractivity contribution in [3.05, 3.63) is 11.1 Å². The SMILES string of the molecule is CC(C)(C)Bc1nc(C(C)(C)C)cs1. The van der Waals surface area contributed by atoms with Crippen molar-refractivity contribution in [2.75, 3.05) is 0 Å². The van der Waals surface area contributed by atoms with Gasteiger partial charge in [-0.1, -0.05) is 46.9 Å². The van der Waals surface area contributed by atoms with Gasteiger partial charge in [0.2, 0.25) is 7.28 Å². The van der Waals surface area contributed by atoms with Crippen molar-refractivity contribution in [3.8, 4) is 0 Å². The van der Waals surface area contributed by atoms with Crippen molar-refractivity contribution in [3.63, 3.8) is 0 Å². The number of rotatable bonds is 1. The molecule has 0 spiro atoms. The van der Waals surface area contributed by atoms with Gasteiger partial charge in [0.05, 0.1) is 10.6 Å². The van der Waals surface area contributed by atoms with Gasteiger partial charge in [-0.3, -0.25) is 4.98 Å². The minimum Gasteiger partial charge on any atom is -0.257 e. The Morgan fingerprint density at radius 3 is 2.07 bits per heavy atom. The van der Waals surface area contributed by atoms with Gasteiger partial charge in [-0.05, 0) is 0 Å². The average Bonchev–Trinajstić information content (AvgIpc) is 2.29. The second kappa shape index (κ2) is 3.69. The van der Waals surface area contributed by atoms with Crippen LogP contribution in [0.2, 0.25) is 5.31 Å². The molecule has 0 aliphatic carbocycles. The topological polar surface area (TPSA) is 12.9 Å². The molecule has 0 aromatic carbocycles. The maximum absolute atomic E-state index is 4.69. The molecule has 0 N–H and O–H groups in total. The van der Waals surface area contributed by atoms with E-state index in [9.17, 15) is 0 Å². The maximum Gasteiger partial charge on any atom is 0.201 e. The minimum absolute atomic E-state index is 0.187. The fourth-order valence-electron chi connectivity index (χ4n) is 1.19. The van der Waals surface area contributed by atoms with Crippen LogP contribution in [-0.2, 0) is 5.41 Å². The zero-order chi connectivity index (χ0) is 11.0. The summed E-state index contributed by atoms with van der Waals surface area (Å²) in [4.78, 5) is 5.95. The fraction of sp³-hybridized carbons (Fsp3) is 0.727. The van der Waals surface area contributed by atoms with Crippen molar-refractivity contribution in [1.82, 2.24) is 4.98 Å². The number of thiazole rings is 1. The molecule has 1 aromatic heterocycles. The summed E-state index contributed by atoms with van der Waals surface area (Å²) in [6, 6.07) is 0. The van der Waals surface area contributed by atoms with Crippen LogP contribution in [0.5, 0.6) is 0 Å². The van der Waals surface area contributed by atoms with Gasteiger partial charge >= 0.3 is 0 Å². The summed E-state index contributed by atoms with van der Waals surface area (Å²) < 4.78 is 0. The van der Waals surface area contributed by atoms with Gasteiger partial charge in [0.25, 0.3) is 0 Å². The molecule has 0 saturated carbocycles. The van der Waals surface area contributed by atoms with Crippen LogP contribution in [0.4, 0.5) is 0 Å². The Bertz CT molecular complexity index is 304. The number of nitrogens with zero attached hydrogens (tertiary/aromatic N) is 1. The van der Waals surface area contributed by atoms with E-state index in [4.69, 9.17) is 0 Å². The molecule has 0 fully saturated rings. The van der Waals surface area contributed by atoms with Crippen molar-refractivity contribution in [1.29, 1.82) is 0 Å². The third-order valence-corrected chi connectivity index (χ3v) is 2.85. The van der Waals surface area contributed by atoms with Gasteiger partial charge in [0.15, 0.2) is 0 Å². The van der Waals surface area contributed by atoms with Gasteiger partial charge in [-0.15, -0.1) is 11.3 Å². The number of hydrogen-bond donors (Lipinski definition) is 0. The monoisotopic (exact) mass is 209 g/mol. The van der Waals surface area contributed by atoms with E-state index in [0.717, 1.165) is 7.28 Å². The van der Waals surface area contributed by atoms with Crippen molar-refractivity contribution in [2.24, 2.45) is 0 Å². The largest absolute Gasteiger partial charge is 0.257 e. The third-order valence-electron chi connectivity index (χ3n) is 2.00. The van der Waals surface area contributed by atoms with E-state index < -0.39 is 0 Å². The lowest BCUT2D eigenvalue weighted by atomic mass is 9.56. The number of hydrogen-bond acceptors (Lipinski definition) is 2. The summed E-state index contributed by atoms with van der Waals surface area (Å²) in [5, 5.41) is 2.54. The van der Waals surface area contributed by atoms with E-state index in [1.165, 1.54) is 10.6 Å². The maximum atomic E-state index is 4.69. The Morgan fingerprint density at radius 1 is 1.14 bits per heavy atom. The van der Waals surface area contributed by atoms with Crippen LogP contribution in [0.15, 0.2) is 5.38 Å². The summed E-state index contributed by atoms with van der Waals surface area (Å²) in [6.45, 7) is 13.4. The molecular formula is C11H20BNS. The zero-order valence-electron chi connectivity index (χ0n) is 10.1. The summed E-state index contributed by atoms with van der Waals surface area (Å²) >= 11 is 1.79. The van der Waals surface area contributed by atoms with E-state index in [2.05, 4.69) is 51.9 Å². The van der Waals surface area contributed by atoms with Crippen LogP contribution in [0.1, 0.15) is 47.2 Å². The van der Waals surface area contributed by atoms with Crippen LogP contribution >= 0.6 is 11.3 Å². The molecule has 1 nitrogen and oxygen atoms in total. The Kier molecular flexibility index (Phi) is 3.10. The average molecular weight is 209 g/mol. The van der Waals surface area contributed by atoms with Gasteiger partial charge < -0.3 is 0 Å². The molecule has 0 amide bonds. The molecule has 14 heavy (non-hydrogen) atoms. The van der Waals surface area contributed by atoms with Gasteiger partial charge in [-0.25, -0.2) is 0 Å². The predicted molar refractivity (Wildman–Crippen MR) is 67.3 cm³/mol. The Balaban J connectivity index is 2.79. The number of aromatic nitrogens is 1. The van der Waals surface area contributed by atoms with Crippen LogP contribution in [0.3, 0.4) is 0 Å². The summed E-state index contributed by atoms with van der Waals surface area (Å²) in [5.74, 6) is 0. The first-order valence-corrected chi connectivity index (χ1v) is 6.01. The first kappa shape index (κ1) is 11.8. The highest BCUT2D eigenvalue weighted by molar-refractivity contribution is 7.19. The Labute approximate surface area is 92.2 Å². The molecule has 0 radical (unpaired) electrons. The lowest BCUT2D eigenvalue weighted by Gasteiger charge is -2.16. The van der Waals surface area contributed by atoms with Gasteiger partial charge in [0, 0.05) is 10.8 Å². The molecule has 1 heterocycles. The van der Waals surface area contributed by atoms with Crippen molar-refractivity contribution >= 4 is 23.5 Å². The molecule has 0 bridgehead atoms. The van der Waals surface area contributed by atoms with E-state index in [0.29, 0.717) is 5.31 Å². The van der Waals surface area contributed by atoms with Crippen LogP contribution < -0.4 is 4.91 Å². The highest BCUT2D eigenvalue weighted by Gasteiger charge is 2.20. The zero-order valence-corrected chi connectivity index (χ0v) is 11.0. The smallest absolute Gasteiger partial charge is 0.201 e. The molecule has 78 valence electrons. The second-order valence-corrected chi connectivity index (χ2v) is 7.06. The summed E-state index contributed by atoms with van der Waals surface area (Å²) in [6.07, 6.45) is 0. The fourth-order valence-corrected chi connectivity index (χ4v) is 2.51. The highest BCUT2D eigenvalue weighted by atomic mass is 32.1. The van der Waals surface area contributed by atoms with Gasteiger partial charge in [0.1, 0.15) is 0 Å². The lowest BCUT2D eigenvalue weighted by Crippen LogP contribution is -2.24. The van der Waals surface area contributed by atoms with Crippen molar-refractivity contribution in [2.45, 2.75) is 52.3 Å². The van der Waals surface area contributed by atoms with E-state index >= 15 is 0 Å². The van der Waals surface area contributed by atoms with Crippen LogP contribution in [-0.4, -0.2) is 12.3 Å². The summed E-state index contributed by atoms with van der Waals surface area (Å²) in [7, 11) is 1.08. The standard InChI is InChI=1S/C11H20BNS/c1-10(2,3)8-7-14-9(13-8)12-11(4,5)6/h7,12H,1-6H3. The van der Waals surface area contributed by atoms with Gasteiger partial charge in [-0.2, -0.15) is 0 Å². The molecule has 0 atom stereocenters. The molecular weight excluding hydrogens is 189 g/mol. The molecule has 1 aromatic rings. The summed E-state index contributed by atoms with van der Waals surface area (Å²) in [5.41, 5.74) is 1.41. The molecule has 0 unspecified atom stereocenters. The third kappa shape index (κ3) is 3.45.